The van der Waals surface area contributed by atoms with Crippen LogP contribution >= 0.6 is 0 Å². The lowest BCUT2D eigenvalue weighted by Gasteiger charge is -2.18. The summed E-state index contributed by atoms with van der Waals surface area (Å²) in [6.45, 7) is 8.58. The molecule has 0 spiro atoms. The highest BCUT2D eigenvalue weighted by atomic mass is 15.4. The van der Waals surface area contributed by atoms with Crippen molar-refractivity contribution in [3.05, 3.63) is 11.9 Å². The summed E-state index contributed by atoms with van der Waals surface area (Å²) >= 11 is 0. The zero-order valence-corrected chi connectivity index (χ0v) is 7.83. The van der Waals surface area contributed by atoms with Gasteiger partial charge in [0.2, 0.25) is 0 Å². The SMILES string of the molecule is C=NN(C)/C=C(/C)N(C)CC. The van der Waals surface area contributed by atoms with E-state index in [4.69, 9.17) is 0 Å². The summed E-state index contributed by atoms with van der Waals surface area (Å²) in [5.74, 6) is 0. The van der Waals surface area contributed by atoms with Crippen LogP contribution in [-0.4, -0.2) is 37.3 Å². The van der Waals surface area contributed by atoms with Gasteiger partial charge in [-0.3, -0.25) is 5.01 Å². The van der Waals surface area contributed by atoms with Crippen molar-refractivity contribution in [2.75, 3.05) is 20.6 Å². The predicted octanol–water partition coefficient (Wildman–Crippen LogP) is 1.35. The van der Waals surface area contributed by atoms with Gasteiger partial charge >= 0.3 is 0 Å². The van der Waals surface area contributed by atoms with Crippen LogP contribution in [0.2, 0.25) is 0 Å². The number of allylic oxidation sites excluding steroid dienone is 1. The van der Waals surface area contributed by atoms with Crippen LogP contribution in [0.25, 0.3) is 0 Å². The number of hydrogen-bond donors (Lipinski definition) is 0. The molecule has 11 heavy (non-hydrogen) atoms. The van der Waals surface area contributed by atoms with Gasteiger partial charge in [0, 0.05) is 39.3 Å². The van der Waals surface area contributed by atoms with Crippen LogP contribution in [0.5, 0.6) is 0 Å². The van der Waals surface area contributed by atoms with Crippen LogP contribution in [0.3, 0.4) is 0 Å². The Morgan fingerprint density at radius 3 is 2.45 bits per heavy atom. The molecule has 0 aliphatic heterocycles. The monoisotopic (exact) mass is 155 g/mol. The normalized spacial score (nSPS) is 11.1. The Bertz CT molecular complexity index is 151. The van der Waals surface area contributed by atoms with E-state index in [-0.39, 0.29) is 0 Å². The Balaban J connectivity index is 4.08. The quantitative estimate of drug-likeness (QED) is 0.451. The summed E-state index contributed by atoms with van der Waals surface area (Å²) in [5.41, 5.74) is 1.18. The van der Waals surface area contributed by atoms with Gasteiger partial charge in [-0.1, -0.05) is 0 Å². The number of hydrazone groups is 1. The maximum atomic E-state index is 3.73. The molecular weight excluding hydrogens is 138 g/mol. The van der Waals surface area contributed by atoms with Crippen molar-refractivity contribution >= 4 is 6.72 Å². The lowest BCUT2D eigenvalue weighted by atomic mass is 10.4. The third-order valence-electron chi connectivity index (χ3n) is 1.67. The van der Waals surface area contributed by atoms with Crippen LogP contribution in [-0.2, 0) is 0 Å². The van der Waals surface area contributed by atoms with E-state index in [9.17, 15) is 0 Å². The molecule has 3 heteroatoms. The zero-order valence-electron chi connectivity index (χ0n) is 7.83. The summed E-state index contributed by atoms with van der Waals surface area (Å²) in [5, 5.41) is 5.42. The van der Waals surface area contributed by atoms with Gasteiger partial charge in [0.25, 0.3) is 0 Å². The molecule has 0 amide bonds. The third kappa shape index (κ3) is 3.65. The van der Waals surface area contributed by atoms with E-state index in [2.05, 4.69) is 23.6 Å². The van der Waals surface area contributed by atoms with Gasteiger partial charge in [0.15, 0.2) is 0 Å². The maximum absolute atomic E-state index is 3.73. The molecule has 0 aromatic rings. The molecule has 0 aliphatic rings. The Morgan fingerprint density at radius 1 is 1.55 bits per heavy atom. The minimum Gasteiger partial charge on any atom is -0.377 e. The van der Waals surface area contributed by atoms with Crippen LogP contribution in [0, 0.1) is 0 Å². The van der Waals surface area contributed by atoms with E-state index in [0.29, 0.717) is 0 Å². The second-order valence-corrected chi connectivity index (χ2v) is 2.50. The highest BCUT2D eigenvalue weighted by molar-refractivity contribution is 5.22. The van der Waals surface area contributed by atoms with Crippen LogP contribution < -0.4 is 0 Å². The largest absolute Gasteiger partial charge is 0.377 e. The smallest absolute Gasteiger partial charge is 0.0417 e. The van der Waals surface area contributed by atoms with Gasteiger partial charge in [0.1, 0.15) is 0 Å². The molecule has 0 rings (SSSR count). The highest BCUT2D eigenvalue weighted by Crippen LogP contribution is 2.00. The minimum absolute atomic E-state index is 1.01. The lowest BCUT2D eigenvalue weighted by Crippen LogP contribution is -2.17. The van der Waals surface area contributed by atoms with Gasteiger partial charge in [0.05, 0.1) is 0 Å². The standard InChI is InChI=1S/C8H17N3/c1-6-10(4)8(2)7-11(5)9-3/h7H,3,6H2,1-2,4-5H3/b8-7-. The Morgan fingerprint density at radius 2 is 2.09 bits per heavy atom. The molecule has 64 valence electrons. The van der Waals surface area contributed by atoms with Crippen LogP contribution in [0.15, 0.2) is 17.0 Å². The summed E-state index contributed by atoms with van der Waals surface area (Å²) < 4.78 is 0. The predicted molar refractivity (Wildman–Crippen MR) is 49.4 cm³/mol. The average molecular weight is 155 g/mol. The average Bonchev–Trinajstić information content (AvgIpc) is 2.02. The first kappa shape index (κ1) is 10.0. The molecule has 0 fully saturated rings. The van der Waals surface area contributed by atoms with Crippen LogP contribution in [0.1, 0.15) is 13.8 Å². The molecule has 0 saturated heterocycles. The molecule has 0 unspecified atom stereocenters. The molecule has 0 heterocycles. The molecule has 0 atom stereocenters. The van der Waals surface area contributed by atoms with Gasteiger partial charge in [-0.2, -0.15) is 5.10 Å². The van der Waals surface area contributed by atoms with E-state index in [1.54, 1.807) is 5.01 Å². The van der Waals surface area contributed by atoms with Crippen molar-refractivity contribution in [3.8, 4) is 0 Å². The number of nitrogens with zero attached hydrogens (tertiary/aromatic N) is 3. The molecule has 0 N–H and O–H groups in total. The van der Waals surface area contributed by atoms with Gasteiger partial charge in [-0.25, -0.2) is 0 Å². The van der Waals surface area contributed by atoms with Crippen LogP contribution in [0.4, 0.5) is 0 Å². The summed E-state index contributed by atoms with van der Waals surface area (Å²) in [6.07, 6.45) is 1.94. The van der Waals surface area contributed by atoms with E-state index < -0.39 is 0 Å². The molecule has 3 nitrogen and oxygen atoms in total. The van der Waals surface area contributed by atoms with Crippen molar-refractivity contribution in [3.63, 3.8) is 0 Å². The Kier molecular flexibility index (Phi) is 4.34. The Labute approximate surface area is 69.0 Å². The highest BCUT2D eigenvalue weighted by Gasteiger charge is 1.94. The molecule has 0 radical (unpaired) electrons. The molecule has 0 aliphatic carbocycles. The zero-order chi connectivity index (χ0) is 8.85. The second kappa shape index (κ2) is 4.77. The first-order chi connectivity index (χ1) is 5.11. The summed E-state index contributed by atoms with van der Waals surface area (Å²) in [6, 6.07) is 0. The molecule has 0 saturated carbocycles. The van der Waals surface area contributed by atoms with E-state index in [0.717, 1.165) is 6.54 Å². The topological polar surface area (TPSA) is 18.8 Å². The fourth-order valence-corrected chi connectivity index (χ4v) is 0.659. The molecule has 0 aromatic heterocycles. The second-order valence-electron chi connectivity index (χ2n) is 2.50. The summed E-state index contributed by atoms with van der Waals surface area (Å²) in [4.78, 5) is 2.14. The van der Waals surface area contributed by atoms with Crippen molar-refractivity contribution in [1.82, 2.24) is 9.91 Å². The molecule has 0 aromatic carbocycles. The van der Waals surface area contributed by atoms with Gasteiger partial charge in [-0.15, -0.1) is 0 Å². The van der Waals surface area contributed by atoms with Gasteiger partial charge < -0.3 is 4.90 Å². The van der Waals surface area contributed by atoms with E-state index >= 15 is 0 Å². The third-order valence-corrected chi connectivity index (χ3v) is 1.67. The minimum atomic E-state index is 1.01. The molecular formula is C8H17N3. The van der Waals surface area contributed by atoms with Crippen molar-refractivity contribution < 1.29 is 0 Å². The first-order valence-corrected chi connectivity index (χ1v) is 3.70. The number of rotatable bonds is 4. The fraction of sp³-hybridized carbons (Fsp3) is 0.625. The molecule has 0 bridgehead atoms. The lowest BCUT2D eigenvalue weighted by molar-refractivity contribution is 0.410. The van der Waals surface area contributed by atoms with E-state index in [1.807, 2.05) is 27.2 Å². The Hall–Kier alpha value is -0.990. The summed E-state index contributed by atoms with van der Waals surface area (Å²) in [7, 11) is 3.91. The van der Waals surface area contributed by atoms with Crippen molar-refractivity contribution in [2.45, 2.75) is 13.8 Å². The number of hydrogen-bond acceptors (Lipinski definition) is 3. The van der Waals surface area contributed by atoms with Crippen molar-refractivity contribution in [2.24, 2.45) is 5.10 Å². The van der Waals surface area contributed by atoms with Crippen molar-refractivity contribution in [1.29, 1.82) is 0 Å². The van der Waals surface area contributed by atoms with Gasteiger partial charge in [-0.05, 0) is 13.8 Å². The van der Waals surface area contributed by atoms with E-state index in [1.165, 1.54) is 5.70 Å². The first-order valence-electron chi connectivity index (χ1n) is 3.70. The maximum Gasteiger partial charge on any atom is 0.0417 e. The fourth-order valence-electron chi connectivity index (χ4n) is 0.659.